The molecule has 1 heterocycles. The number of nitrogens with one attached hydrogen (secondary N) is 1. The van der Waals surface area contributed by atoms with Crippen molar-refractivity contribution in [1.82, 2.24) is 5.32 Å². The van der Waals surface area contributed by atoms with E-state index in [1.807, 2.05) is 6.92 Å². The third-order valence-electron chi connectivity index (χ3n) is 2.26. The number of hydrogen-bond donors (Lipinski definition) is 1. The van der Waals surface area contributed by atoms with Crippen molar-refractivity contribution in [3.8, 4) is 11.8 Å². The second-order valence-electron chi connectivity index (χ2n) is 4.38. The van der Waals surface area contributed by atoms with Crippen molar-refractivity contribution < 1.29 is 9.47 Å². The summed E-state index contributed by atoms with van der Waals surface area (Å²) in [6.45, 7) is 9.16. The molecule has 1 aliphatic rings. The Morgan fingerprint density at radius 3 is 3.00 bits per heavy atom. The van der Waals surface area contributed by atoms with Crippen LogP contribution >= 0.6 is 0 Å². The van der Waals surface area contributed by atoms with Crippen LogP contribution < -0.4 is 5.32 Å². The second kappa shape index (κ2) is 6.12. The molecular weight excluding hydrogens is 190 g/mol. The third-order valence-corrected chi connectivity index (χ3v) is 2.26. The smallest absolute Gasteiger partial charge is 0.0940 e. The molecule has 1 rings (SSSR count). The van der Waals surface area contributed by atoms with Gasteiger partial charge in [0.25, 0.3) is 0 Å². The van der Waals surface area contributed by atoms with Gasteiger partial charge in [0.05, 0.1) is 24.9 Å². The molecule has 0 amide bonds. The molecule has 0 spiro atoms. The molecule has 1 unspecified atom stereocenters. The third kappa shape index (κ3) is 5.17. The molecule has 3 heteroatoms. The maximum atomic E-state index is 5.86. The lowest BCUT2D eigenvalue weighted by molar-refractivity contribution is -0.119. The van der Waals surface area contributed by atoms with Gasteiger partial charge in [0, 0.05) is 19.5 Å². The molecule has 1 atom stereocenters. The van der Waals surface area contributed by atoms with Gasteiger partial charge >= 0.3 is 0 Å². The second-order valence-corrected chi connectivity index (χ2v) is 4.38. The fraction of sp³-hybridized carbons (Fsp3) is 0.833. The zero-order chi connectivity index (χ0) is 11.1. The Labute approximate surface area is 92.5 Å². The average Bonchev–Trinajstić information content (AvgIpc) is 2.16. The van der Waals surface area contributed by atoms with Gasteiger partial charge in [-0.2, -0.15) is 0 Å². The van der Waals surface area contributed by atoms with Gasteiger partial charge in [0.2, 0.25) is 0 Å². The van der Waals surface area contributed by atoms with Gasteiger partial charge in [-0.1, -0.05) is 0 Å². The van der Waals surface area contributed by atoms with Crippen molar-refractivity contribution in [2.24, 2.45) is 0 Å². The molecule has 1 saturated heterocycles. The van der Waals surface area contributed by atoms with E-state index in [2.05, 4.69) is 31.0 Å². The minimum absolute atomic E-state index is 0.0739. The van der Waals surface area contributed by atoms with Gasteiger partial charge in [-0.3, -0.25) is 0 Å². The molecule has 0 aromatic heterocycles. The van der Waals surface area contributed by atoms with E-state index in [9.17, 15) is 0 Å². The molecule has 0 aliphatic carbocycles. The lowest BCUT2D eigenvalue weighted by Gasteiger charge is -2.36. The SMILES string of the molecule is CC#CCCOCC1CNCC(C)(C)O1. The molecule has 15 heavy (non-hydrogen) atoms. The van der Waals surface area contributed by atoms with Gasteiger partial charge in [-0.15, -0.1) is 11.8 Å². The van der Waals surface area contributed by atoms with Crippen LogP contribution in [0.4, 0.5) is 0 Å². The normalized spacial score (nSPS) is 24.3. The van der Waals surface area contributed by atoms with Crippen molar-refractivity contribution in [3.63, 3.8) is 0 Å². The highest BCUT2D eigenvalue weighted by atomic mass is 16.5. The highest BCUT2D eigenvalue weighted by Crippen LogP contribution is 2.15. The quantitative estimate of drug-likeness (QED) is 0.559. The van der Waals surface area contributed by atoms with E-state index in [1.54, 1.807) is 0 Å². The van der Waals surface area contributed by atoms with Crippen molar-refractivity contribution in [2.75, 3.05) is 26.3 Å². The van der Waals surface area contributed by atoms with E-state index >= 15 is 0 Å². The van der Waals surface area contributed by atoms with Crippen LogP contribution in [0.1, 0.15) is 27.2 Å². The Morgan fingerprint density at radius 2 is 2.33 bits per heavy atom. The monoisotopic (exact) mass is 211 g/mol. The zero-order valence-electron chi connectivity index (χ0n) is 9.93. The van der Waals surface area contributed by atoms with Crippen molar-refractivity contribution in [3.05, 3.63) is 0 Å². The van der Waals surface area contributed by atoms with Gasteiger partial charge in [0.15, 0.2) is 0 Å². The average molecular weight is 211 g/mol. The van der Waals surface area contributed by atoms with Crippen LogP contribution in [-0.2, 0) is 9.47 Å². The molecule has 1 fully saturated rings. The summed E-state index contributed by atoms with van der Waals surface area (Å²) in [5.41, 5.74) is -0.0739. The van der Waals surface area contributed by atoms with Crippen molar-refractivity contribution in [1.29, 1.82) is 0 Å². The summed E-state index contributed by atoms with van der Waals surface area (Å²) >= 11 is 0. The number of morpholine rings is 1. The molecule has 1 N–H and O–H groups in total. The van der Waals surface area contributed by atoms with Crippen LogP contribution in [0.5, 0.6) is 0 Å². The molecular formula is C12H21NO2. The highest BCUT2D eigenvalue weighted by molar-refractivity contribution is 4.94. The van der Waals surface area contributed by atoms with E-state index in [0.717, 1.165) is 19.5 Å². The maximum absolute atomic E-state index is 5.86. The summed E-state index contributed by atoms with van der Waals surface area (Å²) in [4.78, 5) is 0. The first-order valence-electron chi connectivity index (χ1n) is 5.50. The largest absolute Gasteiger partial charge is 0.378 e. The van der Waals surface area contributed by atoms with E-state index in [1.165, 1.54) is 0 Å². The first-order valence-corrected chi connectivity index (χ1v) is 5.50. The van der Waals surface area contributed by atoms with Gasteiger partial charge < -0.3 is 14.8 Å². The van der Waals surface area contributed by atoms with E-state index < -0.39 is 0 Å². The summed E-state index contributed by atoms with van der Waals surface area (Å²) < 4.78 is 11.4. The van der Waals surface area contributed by atoms with Crippen molar-refractivity contribution in [2.45, 2.75) is 38.9 Å². The van der Waals surface area contributed by atoms with Gasteiger partial charge in [-0.25, -0.2) is 0 Å². The number of rotatable bonds is 4. The van der Waals surface area contributed by atoms with Crippen LogP contribution in [0.15, 0.2) is 0 Å². The lowest BCUT2D eigenvalue weighted by Crippen LogP contribution is -2.51. The highest BCUT2D eigenvalue weighted by Gasteiger charge is 2.28. The van der Waals surface area contributed by atoms with Crippen LogP contribution in [0, 0.1) is 11.8 Å². The Bertz CT molecular complexity index is 240. The minimum Gasteiger partial charge on any atom is -0.378 e. The fourth-order valence-corrected chi connectivity index (χ4v) is 1.62. The summed E-state index contributed by atoms with van der Waals surface area (Å²) in [6.07, 6.45) is 0.975. The lowest BCUT2D eigenvalue weighted by atomic mass is 10.1. The first kappa shape index (κ1) is 12.5. The summed E-state index contributed by atoms with van der Waals surface area (Å²) in [7, 11) is 0. The first-order chi connectivity index (χ1) is 7.14. The Kier molecular flexibility index (Phi) is 5.10. The fourth-order valence-electron chi connectivity index (χ4n) is 1.62. The summed E-state index contributed by atoms with van der Waals surface area (Å²) in [6, 6.07) is 0. The number of hydrogen-bond acceptors (Lipinski definition) is 3. The predicted octanol–water partition coefficient (Wildman–Crippen LogP) is 1.18. The molecule has 3 nitrogen and oxygen atoms in total. The van der Waals surface area contributed by atoms with Gasteiger partial charge in [0.1, 0.15) is 0 Å². The maximum Gasteiger partial charge on any atom is 0.0940 e. The van der Waals surface area contributed by atoms with E-state index in [4.69, 9.17) is 9.47 Å². The topological polar surface area (TPSA) is 30.5 Å². The molecule has 86 valence electrons. The predicted molar refractivity (Wildman–Crippen MR) is 60.7 cm³/mol. The van der Waals surface area contributed by atoms with E-state index in [0.29, 0.717) is 13.2 Å². The van der Waals surface area contributed by atoms with Gasteiger partial charge in [-0.05, 0) is 20.8 Å². The van der Waals surface area contributed by atoms with Crippen molar-refractivity contribution >= 4 is 0 Å². The Balaban J connectivity index is 2.12. The molecule has 0 saturated carbocycles. The number of ether oxygens (including phenoxy) is 2. The molecule has 1 aliphatic heterocycles. The standard InChI is InChI=1S/C12H21NO2/c1-4-5-6-7-14-9-11-8-13-10-12(2,3)15-11/h11,13H,6-10H2,1-3H3. The van der Waals surface area contributed by atoms with Crippen LogP contribution in [-0.4, -0.2) is 38.0 Å². The Morgan fingerprint density at radius 1 is 1.53 bits per heavy atom. The van der Waals surface area contributed by atoms with Crippen LogP contribution in [0.25, 0.3) is 0 Å². The Hall–Kier alpha value is -0.560. The minimum atomic E-state index is -0.0739. The molecule has 0 radical (unpaired) electrons. The molecule has 0 bridgehead atoms. The molecule has 0 aromatic carbocycles. The zero-order valence-corrected chi connectivity index (χ0v) is 9.93. The van der Waals surface area contributed by atoms with E-state index in [-0.39, 0.29) is 11.7 Å². The summed E-state index contributed by atoms with van der Waals surface area (Å²) in [5.74, 6) is 5.82. The molecule has 0 aromatic rings. The summed E-state index contributed by atoms with van der Waals surface area (Å²) in [5, 5.41) is 3.34. The van der Waals surface area contributed by atoms with Crippen LogP contribution in [0.3, 0.4) is 0 Å². The van der Waals surface area contributed by atoms with Crippen LogP contribution in [0.2, 0.25) is 0 Å².